The third-order valence-corrected chi connectivity index (χ3v) is 6.60. The van der Waals surface area contributed by atoms with Crippen molar-refractivity contribution >= 4 is 5.78 Å². The number of fused-ring (bicyclic) bond motifs is 1. The largest absolute Gasteiger partial charge is 0.493 e. The average Bonchev–Trinajstić information content (AvgIpc) is 3.05. The van der Waals surface area contributed by atoms with Gasteiger partial charge in [-0.3, -0.25) is 4.79 Å². The monoisotopic (exact) mass is 365 g/mol. The van der Waals surface area contributed by atoms with Crippen molar-refractivity contribution in [2.75, 3.05) is 27.8 Å². The zero-order chi connectivity index (χ0) is 19.0. The van der Waals surface area contributed by atoms with Gasteiger partial charge in [-0.2, -0.15) is 0 Å². The first kappa shape index (κ1) is 18.1. The lowest BCUT2D eigenvalue weighted by Gasteiger charge is -2.47. The number of nitrogens with zero attached hydrogens (tertiary/aromatic N) is 1. The van der Waals surface area contributed by atoms with E-state index >= 15 is 0 Å². The molecular weight excluding hydrogens is 338 g/mol. The quantitative estimate of drug-likeness (QED) is 0.826. The number of carbonyl (C=O) groups is 1. The Morgan fingerprint density at radius 1 is 1.00 bits per heavy atom. The van der Waals surface area contributed by atoms with Crippen LogP contribution in [-0.2, 0) is 10.2 Å². The average molecular weight is 365 g/mol. The van der Waals surface area contributed by atoms with E-state index in [0.29, 0.717) is 18.6 Å². The molecule has 1 aliphatic carbocycles. The molecule has 0 spiro atoms. The van der Waals surface area contributed by atoms with Gasteiger partial charge in [0.2, 0.25) is 0 Å². The molecule has 4 rings (SSSR count). The van der Waals surface area contributed by atoms with Crippen LogP contribution in [0.2, 0.25) is 0 Å². The Kier molecular flexibility index (Phi) is 4.68. The van der Waals surface area contributed by atoms with Crippen LogP contribution >= 0.6 is 0 Å². The zero-order valence-corrected chi connectivity index (χ0v) is 16.3. The van der Waals surface area contributed by atoms with E-state index in [0.717, 1.165) is 24.5 Å². The number of hydrogen-bond donors (Lipinski definition) is 0. The summed E-state index contributed by atoms with van der Waals surface area (Å²) in [6, 6.07) is 17.0. The van der Waals surface area contributed by atoms with E-state index < -0.39 is 0 Å². The van der Waals surface area contributed by atoms with Gasteiger partial charge in [-0.25, -0.2) is 0 Å². The molecule has 0 radical (unpaired) electrons. The Hall–Kier alpha value is -2.33. The number of likely N-dealkylation sites (tertiary alicyclic amines) is 1. The minimum Gasteiger partial charge on any atom is -0.493 e. The van der Waals surface area contributed by atoms with Gasteiger partial charge in [0.15, 0.2) is 11.5 Å². The molecule has 1 saturated heterocycles. The Morgan fingerprint density at radius 3 is 2.44 bits per heavy atom. The summed E-state index contributed by atoms with van der Waals surface area (Å²) in [6.07, 6.45) is 2.26. The molecular formula is C23H27NO3. The number of hydrogen-bond acceptors (Lipinski definition) is 4. The van der Waals surface area contributed by atoms with E-state index in [1.165, 1.54) is 11.1 Å². The smallest absolute Gasteiger partial charge is 0.161 e. The van der Waals surface area contributed by atoms with Crippen LogP contribution in [0.15, 0.2) is 48.5 Å². The fourth-order valence-corrected chi connectivity index (χ4v) is 5.29. The lowest BCUT2D eigenvalue weighted by molar-refractivity contribution is -0.123. The van der Waals surface area contributed by atoms with E-state index in [4.69, 9.17) is 9.47 Å². The number of benzene rings is 2. The van der Waals surface area contributed by atoms with Crippen molar-refractivity contribution in [3.8, 4) is 11.5 Å². The molecule has 0 aromatic heterocycles. The van der Waals surface area contributed by atoms with Crippen molar-refractivity contribution < 1.29 is 14.3 Å². The maximum atomic E-state index is 12.7. The van der Waals surface area contributed by atoms with Gasteiger partial charge in [0.1, 0.15) is 5.78 Å². The number of ketones is 1. The first-order valence-corrected chi connectivity index (χ1v) is 9.59. The zero-order valence-electron chi connectivity index (χ0n) is 16.3. The first-order chi connectivity index (χ1) is 13.1. The molecule has 4 heteroatoms. The molecule has 1 heterocycles. The molecule has 0 N–H and O–H groups in total. The molecule has 2 aliphatic rings. The summed E-state index contributed by atoms with van der Waals surface area (Å²) >= 11 is 0. The highest BCUT2D eigenvalue weighted by Gasteiger charge is 2.56. The van der Waals surface area contributed by atoms with Gasteiger partial charge in [0.25, 0.3) is 0 Å². The minimum absolute atomic E-state index is 0.0937. The van der Waals surface area contributed by atoms with Gasteiger partial charge in [0.05, 0.1) is 14.2 Å². The highest BCUT2D eigenvalue weighted by Crippen LogP contribution is 2.55. The maximum Gasteiger partial charge on any atom is 0.161 e. The fourth-order valence-electron chi connectivity index (χ4n) is 5.29. The molecule has 2 aromatic carbocycles. The van der Waals surface area contributed by atoms with E-state index in [1.54, 1.807) is 14.2 Å². The molecule has 1 unspecified atom stereocenters. The van der Waals surface area contributed by atoms with Gasteiger partial charge in [-0.1, -0.05) is 36.4 Å². The Labute approximate surface area is 161 Å². The van der Waals surface area contributed by atoms with Crippen molar-refractivity contribution in [3.63, 3.8) is 0 Å². The summed E-state index contributed by atoms with van der Waals surface area (Å²) in [7, 11) is 5.48. The van der Waals surface area contributed by atoms with E-state index in [1.807, 2.05) is 12.1 Å². The van der Waals surface area contributed by atoms with Crippen molar-refractivity contribution in [3.05, 3.63) is 59.7 Å². The summed E-state index contributed by atoms with van der Waals surface area (Å²) in [5.74, 6) is 2.02. The second-order valence-electron chi connectivity index (χ2n) is 7.77. The highest BCUT2D eigenvalue weighted by molar-refractivity contribution is 5.82. The molecule has 1 saturated carbocycles. The summed E-state index contributed by atoms with van der Waals surface area (Å²) in [4.78, 5) is 15.0. The van der Waals surface area contributed by atoms with Crippen molar-refractivity contribution in [2.45, 2.75) is 36.6 Å². The third-order valence-electron chi connectivity index (χ3n) is 6.60. The second-order valence-corrected chi connectivity index (χ2v) is 7.77. The van der Waals surface area contributed by atoms with Crippen LogP contribution in [0.3, 0.4) is 0 Å². The van der Waals surface area contributed by atoms with Gasteiger partial charge in [0, 0.05) is 30.2 Å². The summed E-state index contributed by atoms with van der Waals surface area (Å²) in [6.45, 7) is 0.996. The van der Waals surface area contributed by atoms with Gasteiger partial charge < -0.3 is 14.4 Å². The lowest BCUT2D eigenvalue weighted by atomic mass is 9.57. The van der Waals surface area contributed by atoms with Crippen LogP contribution in [0.4, 0.5) is 0 Å². The van der Waals surface area contributed by atoms with Gasteiger partial charge >= 0.3 is 0 Å². The Balaban J connectivity index is 1.90. The van der Waals surface area contributed by atoms with Crippen LogP contribution < -0.4 is 9.47 Å². The number of carbonyl (C=O) groups excluding carboxylic acids is 1. The van der Waals surface area contributed by atoms with Crippen LogP contribution in [0.1, 0.15) is 36.3 Å². The molecule has 3 atom stereocenters. The van der Waals surface area contributed by atoms with Crippen molar-refractivity contribution in [1.29, 1.82) is 0 Å². The van der Waals surface area contributed by atoms with Crippen molar-refractivity contribution in [2.24, 2.45) is 0 Å². The van der Waals surface area contributed by atoms with Gasteiger partial charge in [-0.15, -0.1) is 0 Å². The minimum atomic E-state index is -0.0937. The molecule has 2 fully saturated rings. The summed E-state index contributed by atoms with van der Waals surface area (Å²) in [5.41, 5.74) is 2.40. The second kappa shape index (κ2) is 7.01. The molecule has 142 valence electrons. The van der Waals surface area contributed by atoms with Crippen LogP contribution in [0.5, 0.6) is 11.5 Å². The van der Waals surface area contributed by atoms with Crippen LogP contribution in [-0.4, -0.2) is 44.5 Å². The number of likely N-dealkylation sites (N-methyl/N-ethyl adjacent to an activating group) is 1. The molecule has 4 nitrogen and oxygen atoms in total. The Morgan fingerprint density at radius 2 is 1.74 bits per heavy atom. The summed E-state index contributed by atoms with van der Waals surface area (Å²) in [5, 5.41) is 0. The molecule has 1 aliphatic heterocycles. The van der Waals surface area contributed by atoms with E-state index in [2.05, 4.69) is 48.3 Å². The molecule has 0 bridgehead atoms. The number of ether oxygens (including phenoxy) is 2. The van der Waals surface area contributed by atoms with Crippen molar-refractivity contribution in [1.82, 2.24) is 4.90 Å². The predicted molar refractivity (Wildman–Crippen MR) is 106 cm³/mol. The summed E-state index contributed by atoms with van der Waals surface area (Å²) < 4.78 is 11.0. The highest BCUT2D eigenvalue weighted by atomic mass is 16.5. The third kappa shape index (κ3) is 2.83. The standard InChI is InChI=1S/C23H27NO3/c1-24-12-11-23(17-9-10-20(26-2)21(13-17)27-3)19(14-18(25)15-22(23)24)16-7-5-4-6-8-16/h4-10,13,19,22H,11-12,14-15H2,1-3H3/t19-,22?,23-/m1/s1. The number of rotatable bonds is 4. The lowest BCUT2D eigenvalue weighted by Crippen LogP contribution is -2.50. The molecule has 2 aromatic rings. The molecule has 0 amide bonds. The first-order valence-electron chi connectivity index (χ1n) is 9.59. The maximum absolute atomic E-state index is 12.7. The van der Waals surface area contributed by atoms with E-state index in [9.17, 15) is 4.79 Å². The fraction of sp³-hybridized carbons (Fsp3) is 0.435. The van der Waals surface area contributed by atoms with Crippen LogP contribution in [0.25, 0.3) is 0 Å². The topological polar surface area (TPSA) is 38.8 Å². The number of Topliss-reactive ketones (excluding diaryl/α,β-unsaturated/α-hetero) is 1. The Bertz CT molecular complexity index is 835. The van der Waals surface area contributed by atoms with E-state index in [-0.39, 0.29) is 17.4 Å². The predicted octanol–water partition coefficient (Wildman–Crippen LogP) is 3.79. The normalized spacial score (nSPS) is 28.0. The van der Waals surface area contributed by atoms with Gasteiger partial charge in [-0.05, 0) is 43.3 Å². The SMILES string of the molecule is COc1ccc([C@@]23CCN(C)C2CC(=O)C[C@@H]3c2ccccc2)cc1OC. The number of methoxy groups -OCH3 is 2. The molecule has 27 heavy (non-hydrogen) atoms. The van der Waals surface area contributed by atoms with Crippen LogP contribution in [0, 0.1) is 0 Å².